The fraction of sp³-hybridized carbons (Fsp3) is 0.937. The fourth-order valence-electron chi connectivity index (χ4n) is 9.46. The maximum atomic E-state index is 13.0. The summed E-state index contributed by atoms with van der Waals surface area (Å²) in [6.45, 7) is 4.74. The van der Waals surface area contributed by atoms with Gasteiger partial charge < -0.3 is 33.8 Å². The molecular formula is C63H122O17P2. The topological polar surface area (TPSA) is 237 Å². The molecule has 486 valence electrons. The average molecular weight is 1210 g/mol. The molecule has 0 fully saturated rings. The first kappa shape index (κ1) is 80.1. The van der Waals surface area contributed by atoms with Crippen molar-refractivity contribution in [1.82, 2.24) is 0 Å². The summed E-state index contributed by atoms with van der Waals surface area (Å²) in [5.41, 5.74) is 0. The van der Waals surface area contributed by atoms with Crippen LogP contribution in [0.1, 0.15) is 323 Å². The van der Waals surface area contributed by atoms with Crippen LogP contribution in [0.15, 0.2) is 0 Å². The Bertz CT molecular complexity index is 1590. The van der Waals surface area contributed by atoms with Crippen LogP contribution in [0.5, 0.6) is 0 Å². The van der Waals surface area contributed by atoms with E-state index in [1.165, 1.54) is 135 Å². The maximum Gasteiger partial charge on any atom is 0.472 e. The average Bonchev–Trinajstić information content (AvgIpc) is 3.45. The van der Waals surface area contributed by atoms with E-state index in [0.717, 1.165) is 109 Å². The summed E-state index contributed by atoms with van der Waals surface area (Å²) < 4.78 is 67.6. The van der Waals surface area contributed by atoms with E-state index < -0.39 is 97.5 Å². The Morgan fingerprint density at radius 3 is 0.720 bits per heavy atom. The molecule has 3 N–H and O–H groups in total. The quantitative estimate of drug-likeness (QED) is 0.0222. The van der Waals surface area contributed by atoms with Crippen molar-refractivity contribution < 1.29 is 80.2 Å². The van der Waals surface area contributed by atoms with Gasteiger partial charge in [0.15, 0.2) is 12.2 Å². The first-order valence-corrected chi connectivity index (χ1v) is 36.3. The van der Waals surface area contributed by atoms with Gasteiger partial charge in [-0.1, -0.05) is 272 Å². The van der Waals surface area contributed by atoms with Crippen molar-refractivity contribution in [3.05, 3.63) is 0 Å². The zero-order valence-electron chi connectivity index (χ0n) is 52.5. The van der Waals surface area contributed by atoms with Crippen LogP contribution in [0, 0.1) is 0 Å². The maximum absolute atomic E-state index is 13.0. The molecule has 17 nitrogen and oxygen atoms in total. The highest BCUT2D eigenvalue weighted by atomic mass is 31.2. The lowest BCUT2D eigenvalue weighted by Crippen LogP contribution is -2.30. The second kappa shape index (κ2) is 58.1. The third-order valence-electron chi connectivity index (χ3n) is 14.6. The van der Waals surface area contributed by atoms with E-state index in [4.69, 9.17) is 37.0 Å². The second-order valence-corrected chi connectivity index (χ2v) is 25.7. The van der Waals surface area contributed by atoms with Crippen LogP contribution < -0.4 is 0 Å². The van der Waals surface area contributed by atoms with E-state index in [0.29, 0.717) is 25.7 Å². The number of phosphoric acid groups is 2. The number of rotatable bonds is 64. The minimum absolute atomic E-state index is 0.103. The van der Waals surface area contributed by atoms with Gasteiger partial charge in [-0.05, 0) is 25.7 Å². The predicted octanol–water partition coefficient (Wildman–Crippen LogP) is 17.5. The molecule has 0 saturated heterocycles. The number of unbranched alkanes of at least 4 members (excludes halogenated alkanes) is 38. The Morgan fingerprint density at radius 1 is 0.293 bits per heavy atom. The van der Waals surface area contributed by atoms with Crippen molar-refractivity contribution in [1.29, 1.82) is 0 Å². The molecule has 0 aliphatic rings. The number of aliphatic hydroxyl groups is 1. The zero-order chi connectivity index (χ0) is 60.5. The Kier molecular flexibility index (Phi) is 56.7. The zero-order valence-corrected chi connectivity index (χ0v) is 54.2. The molecule has 0 aliphatic heterocycles. The summed E-state index contributed by atoms with van der Waals surface area (Å²) in [5, 5.41) is 10.5. The van der Waals surface area contributed by atoms with Gasteiger partial charge in [0.2, 0.25) is 0 Å². The smallest absolute Gasteiger partial charge is 0.462 e. The Hall–Kier alpha value is -1.94. The van der Waals surface area contributed by atoms with E-state index in [9.17, 15) is 43.2 Å². The highest BCUT2D eigenvalue weighted by molar-refractivity contribution is 7.47. The number of hydrogen-bond donors (Lipinski definition) is 3. The van der Waals surface area contributed by atoms with Crippen molar-refractivity contribution in [2.75, 3.05) is 39.6 Å². The van der Waals surface area contributed by atoms with Gasteiger partial charge in [0.1, 0.15) is 19.3 Å². The van der Waals surface area contributed by atoms with Crippen LogP contribution in [0.2, 0.25) is 0 Å². The van der Waals surface area contributed by atoms with Crippen LogP contribution in [0.25, 0.3) is 0 Å². The SMILES string of the molecule is CCCCCCCCCCCCCCCCCCCCCCC(=O)O[C@H](COC(=O)CCCCCCCCCCCC)COP(=O)(O)OC[C@@H](O)COP(=O)(O)OC[C@@H](COC(=O)CCCCCCC)OC(=O)CCCCCCCCC. The summed E-state index contributed by atoms with van der Waals surface area (Å²) >= 11 is 0. The van der Waals surface area contributed by atoms with Crippen LogP contribution in [0.3, 0.4) is 0 Å². The number of phosphoric ester groups is 2. The molecule has 2 unspecified atom stereocenters. The molecule has 0 aromatic carbocycles. The molecule has 5 atom stereocenters. The number of carbonyl (C=O) groups is 4. The molecule has 0 aliphatic carbocycles. The highest BCUT2D eigenvalue weighted by Crippen LogP contribution is 2.45. The van der Waals surface area contributed by atoms with E-state index in [1.54, 1.807) is 0 Å². The van der Waals surface area contributed by atoms with E-state index in [1.807, 2.05) is 0 Å². The molecule has 0 bridgehead atoms. The van der Waals surface area contributed by atoms with Gasteiger partial charge in [0.25, 0.3) is 0 Å². The lowest BCUT2D eigenvalue weighted by Gasteiger charge is -2.21. The van der Waals surface area contributed by atoms with Crippen molar-refractivity contribution in [2.24, 2.45) is 0 Å². The van der Waals surface area contributed by atoms with Gasteiger partial charge in [-0.3, -0.25) is 37.3 Å². The number of ether oxygens (including phenoxy) is 4. The Labute approximate surface area is 498 Å². The molecular weight excluding hydrogens is 1090 g/mol. The van der Waals surface area contributed by atoms with Crippen LogP contribution in [-0.2, 0) is 65.4 Å². The van der Waals surface area contributed by atoms with Crippen molar-refractivity contribution in [3.8, 4) is 0 Å². The summed E-state index contributed by atoms with van der Waals surface area (Å²) in [7, 11) is -9.87. The molecule has 0 amide bonds. The molecule has 0 aromatic heterocycles. The first-order chi connectivity index (χ1) is 39.7. The predicted molar refractivity (Wildman–Crippen MR) is 326 cm³/mol. The van der Waals surface area contributed by atoms with Crippen molar-refractivity contribution >= 4 is 39.5 Å². The highest BCUT2D eigenvalue weighted by Gasteiger charge is 2.30. The number of hydrogen-bond acceptors (Lipinski definition) is 15. The third-order valence-corrected chi connectivity index (χ3v) is 16.5. The van der Waals surface area contributed by atoms with Crippen LogP contribution >= 0.6 is 15.6 Å². The van der Waals surface area contributed by atoms with Crippen LogP contribution in [-0.4, -0.2) is 96.7 Å². The lowest BCUT2D eigenvalue weighted by molar-refractivity contribution is -0.161. The molecule has 19 heteroatoms. The Morgan fingerprint density at radius 2 is 0.488 bits per heavy atom. The molecule has 0 rings (SSSR count). The van der Waals surface area contributed by atoms with Gasteiger partial charge in [0.05, 0.1) is 26.4 Å². The molecule has 0 saturated carbocycles. The largest absolute Gasteiger partial charge is 0.472 e. The van der Waals surface area contributed by atoms with E-state index in [-0.39, 0.29) is 25.7 Å². The Balaban J connectivity index is 5.06. The van der Waals surface area contributed by atoms with Gasteiger partial charge in [0, 0.05) is 25.7 Å². The normalized spacial score (nSPS) is 14.2. The van der Waals surface area contributed by atoms with Crippen molar-refractivity contribution in [3.63, 3.8) is 0 Å². The van der Waals surface area contributed by atoms with Crippen LogP contribution in [0.4, 0.5) is 0 Å². The van der Waals surface area contributed by atoms with Gasteiger partial charge in [-0.2, -0.15) is 0 Å². The molecule has 0 spiro atoms. The minimum atomic E-state index is -4.94. The number of esters is 4. The minimum Gasteiger partial charge on any atom is -0.462 e. The third kappa shape index (κ3) is 57.2. The summed E-state index contributed by atoms with van der Waals surface area (Å²) in [6, 6.07) is 0. The summed E-state index contributed by atoms with van der Waals surface area (Å²) in [4.78, 5) is 71.7. The van der Waals surface area contributed by atoms with E-state index in [2.05, 4.69) is 27.7 Å². The molecule has 0 aromatic rings. The van der Waals surface area contributed by atoms with E-state index >= 15 is 0 Å². The fourth-order valence-corrected chi connectivity index (χ4v) is 11.0. The van der Waals surface area contributed by atoms with Crippen molar-refractivity contribution in [2.45, 2.75) is 341 Å². The van der Waals surface area contributed by atoms with Gasteiger partial charge in [-0.25, -0.2) is 9.13 Å². The summed E-state index contributed by atoms with van der Waals surface area (Å²) in [5.74, 6) is -2.15. The lowest BCUT2D eigenvalue weighted by atomic mass is 10.0. The molecule has 0 heterocycles. The first-order valence-electron chi connectivity index (χ1n) is 33.3. The molecule has 82 heavy (non-hydrogen) atoms. The summed E-state index contributed by atoms with van der Waals surface area (Å²) in [6.07, 6.45) is 43.7. The second-order valence-electron chi connectivity index (χ2n) is 22.8. The van der Waals surface area contributed by atoms with Gasteiger partial charge in [-0.15, -0.1) is 0 Å². The van der Waals surface area contributed by atoms with Gasteiger partial charge >= 0.3 is 39.5 Å². The number of carbonyl (C=O) groups excluding carboxylic acids is 4. The molecule has 0 radical (unpaired) electrons. The number of aliphatic hydroxyl groups excluding tert-OH is 1. The standard InChI is InChI=1S/C63H122O17P2/c1-5-9-13-17-20-22-24-25-26-27-28-29-30-31-32-33-35-38-42-46-50-63(68)80-59(54-74-61(66)48-44-40-37-34-23-21-18-14-10-6-2)56-78-82(71,72)76-52-57(64)51-75-81(69,70)77-55-58(53-73-60(65)47-43-39-16-12-8-4)79-62(67)49-45-41-36-19-15-11-7-3/h57-59,64H,5-56H2,1-4H3,(H,69,70)(H,71,72)/t57-,58+,59+/m0/s1. The monoisotopic (exact) mass is 1210 g/mol.